The summed E-state index contributed by atoms with van der Waals surface area (Å²) in [6.45, 7) is 0.486. The highest BCUT2D eigenvalue weighted by atomic mass is 35.5. The molecule has 22 heavy (non-hydrogen) atoms. The zero-order valence-electron chi connectivity index (χ0n) is 12.0. The van der Waals surface area contributed by atoms with Crippen LogP contribution in [0.5, 0.6) is 5.75 Å². The van der Waals surface area contributed by atoms with Crippen molar-refractivity contribution in [3.05, 3.63) is 64.7 Å². The highest BCUT2D eigenvalue weighted by molar-refractivity contribution is 7.80. The first-order valence-corrected chi connectivity index (χ1v) is 7.44. The molecular formula is C16H16ClN3OS. The molecule has 6 heteroatoms. The summed E-state index contributed by atoms with van der Waals surface area (Å²) in [6.07, 6.45) is 1.68. The van der Waals surface area contributed by atoms with E-state index in [1.54, 1.807) is 13.3 Å². The van der Waals surface area contributed by atoms with Crippen LogP contribution in [0.1, 0.15) is 11.1 Å². The van der Waals surface area contributed by atoms with Gasteiger partial charge in [-0.15, -0.1) is 0 Å². The second-order valence-electron chi connectivity index (χ2n) is 4.44. The standard InChI is InChI=1S/C16H16ClN3OS/c1-18-16(22)20-19-10-13-3-2-4-15(9-13)21-11-12-5-7-14(17)8-6-12/h2-10H,11H2,1H3,(H2,18,20,22)/b19-10-. The van der Waals surface area contributed by atoms with Crippen molar-refractivity contribution in [1.82, 2.24) is 10.7 Å². The molecule has 0 radical (unpaired) electrons. The normalized spacial score (nSPS) is 10.5. The Bertz CT molecular complexity index is 659. The van der Waals surface area contributed by atoms with Crippen LogP contribution >= 0.6 is 23.8 Å². The van der Waals surface area contributed by atoms with Gasteiger partial charge in [0.15, 0.2) is 5.11 Å². The van der Waals surface area contributed by atoms with E-state index in [9.17, 15) is 0 Å². The van der Waals surface area contributed by atoms with Gasteiger partial charge >= 0.3 is 0 Å². The molecule has 2 rings (SSSR count). The van der Waals surface area contributed by atoms with E-state index in [0.29, 0.717) is 16.7 Å². The predicted molar refractivity (Wildman–Crippen MR) is 94.6 cm³/mol. The monoisotopic (exact) mass is 333 g/mol. The molecule has 2 aromatic rings. The van der Waals surface area contributed by atoms with Gasteiger partial charge in [-0.3, -0.25) is 5.43 Å². The van der Waals surface area contributed by atoms with Crippen molar-refractivity contribution in [3.8, 4) is 5.75 Å². The Morgan fingerprint density at radius 2 is 2.05 bits per heavy atom. The lowest BCUT2D eigenvalue weighted by atomic mass is 10.2. The third-order valence-corrected chi connectivity index (χ3v) is 3.33. The van der Waals surface area contributed by atoms with Crippen molar-refractivity contribution < 1.29 is 4.74 Å². The molecule has 4 nitrogen and oxygen atoms in total. The van der Waals surface area contributed by atoms with Crippen LogP contribution in [-0.2, 0) is 6.61 Å². The minimum Gasteiger partial charge on any atom is -0.489 e. The van der Waals surface area contributed by atoms with Gasteiger partial charge < -0.3 is 10.1 Å². The Morgan fingerprint density at radius 1 is 1.27 bits per heavy atom. The lowest BCUT2D eigenvalue weighted by Crippen LogP contribution is -2.28. The van der Waals surface area contributed by atoms with E-state index in [4.69, 9.17) is 28.6 Å². The van der Waals surface area contributed by atoms with Crippen molar-refractivity contribution in [2.75, 3.05) is 7.05 Å². The summed E-state index contributed by atoms with van der Waals surface area (Å²) in [4.78, 5) is 0. The second kappa shape index (κ2) is 8.36. The van der Waals surface area contributed by atoms with E-state index in [1.807, 2.05) is 48.5 Å². The number of benzene rings is 2. The summed E-state index contributed by atoms with van der Waals surface area (Å²) in [5.41, 5.74) is 4.68. The summed E-state index contributed by atoms with van der Waals surface area (Å²) < 4.78 is 5.76. The van der Waals surface area contributed by atoms with E-state index in [2.05, 4.69) is 15.8 Å². The fourth-order valence-electron chi connectivity index (χ4n) is 1.65. The molecule has 0 saturated carbocycles. The second-order valence-corrected chi connectivity index (χ2v) is 5.28. The van der Waals surface area contributed by atoms with Crippen molar-refractivity contribution >= 4 is 35.1 Å². The number of thiocarbonyl (C=S) groups is 1. The van der Waals surface area contributed by atoms with E-state index >= 15 is 0 Å². The van der Waals surface area contributed by atoms with Crippen molar-refractivity contribution in [2.24, 2.45) is 5.10 Å². The van der Waals surface area contributed by atoms with Crippen LogP contribution in [0.3, 0.4) is 0 Å². The zero-order valence-corrected chi connectivity index (χ0v) is 13.6. The molecule has 0 aliphatic carbocycles. The molecule has 0 heterocycles. The summed E-state index contributed by atoms with van der Waals surface area (Å²) in [5, 5.41) is 7.99. The number of rotatable bonds is 5. The van der Waals surface area contributed by atoms with Gasteiger partial charge in [-0.05, 0) is 47.6 Å². The molecule has 0 aliphatic heterocycles. The maximum Gasteiger partial charge on any atom is 0.186 e. The van der Waals surface area contributed by atoms with Gasteiger partial charge in [0.25, 0.3) is 0 Å². The molecule has 0 atom stereocenters. The number of hydrogen-bond acceptors (Lipinski definition) is 3. The molecule has 0 unspecified atom stereocenters. The fraction of sp³-hybridized carbons (Fsp3) is 0.125. The van der Waals surface area contributed by atoms with Crippen LogP contribution in [0.15, 0.2) is 53.6 Å². The Balaban J connectivity index is 1.93. The minimum absolute atomic E-state index is 0.464. The maximum atomic E-state index is 5.86. The molecule has 0 fully saturated rings. The highest BCUT2D eigenvalue weighted by Gasteiger charge is 1.98. The van der Waals surface area contributed by atoms with Crippen LogP contribution < -0.4 is 15.5 Å². The zero-order chi connectivity index (χ0) is 15.8. The molecule has 0 amide bonds. The lowest BCUT2D eigenvalue weighted by Gasteiger charge is -2.07. The third kappa shape index (κ3) is 5.35. The van der Waals surface area contributed by atoms with Crippen LogP contribution in [-0.4, -0.2) is 18.4 Å². The predicted octanol–water partition coefficient (Wildman–Crippen LogP) is 3.35. The largest absolute Gasteiger partial charge is 0.489 e. The quantitative estimate of drug-likeness (QED) is 0.500. The average Bonchev–Trinajstić information content (AvgIpc) is 2.54. The van der Waals surface area contributed by atoms with Crippen molar-refractivity contribution in [1.29, 1.82) is 0 Å². The molecule has 2 aromatic carbocycles. The number of hydrazone groups is 1. The van der Waals surface area contributed by atoms with Crippen LogP contribution in [0, 0.1) is 0 Å². The summed E-state index contributed by atoms with van der Waals surface area (Å²) in [5.74, 6) is 0.773. The SMILES string of the molecule is CNC(=S)N/N=C\c1cccc(OCc2ccc(Cl)cc2)c1. The molecular weight excluding hydrogens is 318 g/mol. The fourth-order valence-corrected chi connectivity index (χ4v) is 1.83. The van der Waals surface area contributed by atoms with Gasteiger partial charge in [0.1, 0.15) is 12.4 Å². The van der Waals surface area contributed by atoms with Crippen molar-refractivity contribution in [2.45, 2.75) is 6.61 Å². The maximum absolute atomic E-state index is 5.86. The van der Waals surface area contributed by atoms with Gasteiger partial charge in [0, 0.05) is 12.1 Å². The van der Waals surface area contributed by atoms with E-state index in [0.717, 1.165) is 16.9 Å². The Hall–Kier alpha value is -2.11. The molecule has 0 aromatic heterocycles. The molecule has 0 bridgehead atoms. The topological polar surface area (TPSA) is 45.7 Å². The van der Waals surface area contributed by atoms with E-state index in [-0.39, 0.29) is 0 Å². The first-order valence-electron chi connectivity index (χ1n) is 6.65. The number of ether oxygens (including phenoxy) is 1. The van der Waals surface area contributed by atoms with E-state index in [1.165, 1.54) is 0 Å². The van der Waals surface area contributed by atoms with Gasteiger partial charge in [0.05, 0.1) is 6.21 Å². The Labute approximate surface area is 140 Å². The van der Waals surface area contributed by atoms with Crippen LogP contribution in [0.4, 0.5) is 0 Å². The Morgan fingerprint density at radius 3 is 2.77 bits per heavy atom. The first-order chi connectivity index (χ1) is 10.7. The average molecular weight is 334 g/mol. The first kappa shape index (κ1) is 16.3. The number of nitrogens with zero attached hydrogens (tertiary/aromatic N) is 1. The summed E-state index contributed by atoms with van der Waals surface area (Å²) in [7, 11) is 1.73. The van der Waals surface area contributed by atoms with Gasteiger partial charge in [-0.2, -0.15) is 5.10 Å². The number of nitrogens with one attached hydrogen (secondary N) is 2. The van der Waals surface area contributed by atoms with Crippen molar-refractivity contribution in [3.63, 3.8) is 0 Å². The van der Waals surface area contributed by atoms with Crippen LogP contribution in [0.25, 0.3) is 0 Å². The molecule has 2 N–H and O–H groups in total. The third-order valence-electron chi connectivity index (χ3n) is 2.78. The molecule has 0 saturated heterocycles. The summed E-state index contributed by atoms with van der Waals surface area (Å²) in [6, 6.07) is 15.2. The van der Waals surface area contributed by atoms with Crippen LogP contribution in [0.2, 0.25) is 5.02 Å². The highest BCUT2D eigenvalue weighted by Crippen LogP contribution is 2.15. The molecule has 114 valence electrons. The minimum atomic E-state index is 0.464. The smallest absolute Gasteiger partial charge is 0.186 e. The molecule has 0 aliphatic rings. The van der Waals surface area contributed by atoms with E-state index < -0.39 is 0 Å². The van der Waals surface area contributed by atoms with Gasteiger partial charge in [-0.1, -0.05) is 35.9 Å². The van der Waals surface area contributed by atoms with Gasteiger partial charge in [-0.25, -0.2) is 0 Å². The number of halogens is 1. The summed E-state index contributed by atoms with van der Waals surface area (Å²) >= 11 is 10.8. The number of hydrogen-bond donors (Lipinski definition) is 2. The molecule has 0 spiro atoms. The lowest BCUT2D eigenvalue weighted by molar-refractivity contribution is 0.306. The Kier molecular flexibility index (Phi) is 6.18. The van der Waals surface area contributed by atoms with Gasteiger partial charge in [0.2, 0.25) is 0 Å².